The van der Waals surface area contributed by atoms with Gasteiger partial charge in [0.2, 0.25) is 0 Å². The van der Waals surface area contributed by atoms with Crippen molar-refractivity contribution in [2.75, 3.05) is 6.61 Å². The van der Waals surface area contributed by atoms with Gasteiger partial charge in [-0.15, -0.1) is 0 Å². The van der Waals surface area contributed by atoms with Gasteiger partial charge in [-0.3, -0.25) is 4.55 Å². The highest BCUT2D eigenvalue weighted by Crippen LogP contribution is 2.19. The average molecular weight is 435 g/mol. The zero-order chi connectivity index (χ0) is 21.6. The van der Waals surface area contributed by atoms with Gasteiger partial charge in [0.25, 0.3) is 10.1 Å². The van der Waals surface area contributed by atoms with Crippen LogP contribution in [0.1, 0.15) is 142 Å². The zero-order valence-electron chi connectivity index (χ0n) is 19.3. The molecule has 2 N–H and O–H groups in total. The van der Waals surface area contributed by atoms with Crippen molar-refractivity contribution in [1.29, 1.82) is 0 Å². The van der Waals surface area contributed by atoms with Crippen molar-refractivity contribution in [1.82, 2.24) is 0 Å². The predicted molar refractivity (Wildman–Crippen MR) is 125 cm³/mol. The number of hydrogen-bond donors (Lipinski definition) is 2. The fourth-order valence-corrected chi connectivity index (χ4v) is 4.95. The lowest BCUT2D eigenvalue weighted by Crippen LogP contribution is -2.20. The second kappa shape index (κ2) is 21.1. The van der Waals surface area contributed by atoms with Crippen LogP contribution >= 0.6 is 0 Å². The molecule has 0 saturated carbocycles. The summed E-state index contributed by atoms with van der Waals surface area (Å²) < 4.78 is 32.7. The van der Waals surface area contributed by atoms with E-state index in [0.29, 0.717) is 12.8 Å². The molecule has 29 heavy (non-hydrogen) atoms. The van der Waals surface area contributed by atoms with Crippen molar-refractivity contribution in [2.24, 2.45) is 0 Å². The minimum atomic E-state index is -3.92. The Bertz CT molecular complexity index is 423. The molecule has 0 aromatic rings. The molecular formula is C24H50O4S. The number of rotatable bonds is 23. The molecule has 0 bridgehead atoms. The van der Waals surface area contributed by atoms with Crippen molar-refractivity contribution < 1.29 is 18.1 Å². The Labute approximate surface area is 182 Å². The number of aliphatic hydroxyl groups is 1. The molecule has 0 aliphatic rings. The van der Waals surface area contributed by atoms with Gasteiger partial charge in [-0.25, -0.2) is 0 Å². The van der Waals surface area contributed by atoms with Crippen LogP contribution in [0.3, 0.4) is 0 Å². The first-order chi connectivity index (χ1) is 14.0. The fraction of sp³-hybridized carbons (Fsp3) is 1.00. The summed E-state index contributed by atoms with van der Waals surface area (Å²) in [7, 11) is -3.92. The van der Waals surface area contributed by atoms with Crippen LogP contribution in [0, 0.1) is 0 Å². The largest absolute Gasteiger partial charge is 0.396 e. The number of hydrogen-bond acceptors (Lipinski definition) is 3. The Hall–Kier alpha value is -0.130. The Kier molecular flexibility index (Phi) is 21.0. The van der Waals surface area contributed by atoms with E-state index < -0.39 is 15.4 Å². The van der Waals surface area contributed by atoms with Crippen molar-refractivity contribution in [3.8, 4) is 0 Å². The average Bonchev–Trinajstić information content (AvgIpc) is 2.68. The minimum Gasteiger partial charge on any atom is -0.396 e. The van der Waals surface area contributed by atoms with Crippen LogP contribution in [-0.2, 0) is 10.1 Å². The number of aliphatic hydroxyl groups excluding tert-OH is 1. The first-order valence-corrected chi connectivity index (χ1v) is 14.1. The molecule has 0 spiro atoms. The smallest absolute Gasteiger partial charge is 0.267 e. The summed E-state index contributed by atoms with van der Waals surface area (Å²) in [6.45, 7) is 2.51. The van der Waals surface area contributed by atoms with Crippen LogP contribution in [0.4, 0.5) is 0 Å². The van der Waals surface area contributed by atoms with Crippen molar-refractivity contribution in [3.63, 3.8) is 0 Å². The summed E-state index contributed by atoms with van der Waals surface area (Å²) in [4.78, 5) is 0. The molecule has 0 rings (SSSR count). The van der Waals surface area contributed by atoms with E-state index in [1.165, 1.54) is 70.6 Å². The molecule has 0 aromatic heterocycles. The van der Waals surface area contributed by atoms with Gasteiger partial charge in [0.05, 0.1) is 5.25 Å². The van der Waals surface area contributed by atoms with E-state index in [-0.39, 0.29) is 6.61 Å². The second-order valence-electron chi connectivity index (χ2n) is 8.80. The molecule has 5 heteroatoms. The summed E-state index contributed by atoms with van der Waals surface area (Å²) in [5.74, 6) is 0. The molecule has 4 nitrogen and oxygen atoms in total. The third-order valence-electron chi connectivity index (χ3n) is 5.99. The topological polar surface area (TPSA) is 74.6 Å². The summed E-state index contributed by atoms with van der Waals surface area (Å²) in [6.07, 6.45) is 23.8. The van der Waals surface area contributed by atoms with E-state index in [9.17, 15) is 13.0 Å². The Morgan fingerprint density at radius 3 is 1.17 bits per heavy atom. The van der Waals surface area contributed by atoms with Gasteiger partial charge in [-0.2, -0.15) is 8.42 Å². The van der Waals surface area contributed by atoms with Gasteiger partial charge < -0.3 is 5.11 Å². The maximum Gasteiger partial charge on any atom is 0.267 e. The first-order valence-electron chi connectivity index (χ1n) is 12.6. The molecule has 0 heterocycles. The van der Waals surface area contributed by atoms with E-state index in [1.54, 1.807) is 0 Å². The van der Waals surface area contributed by atoms with Gasteiger partial charge in [0.1, 0.15) is 0 Å². The maximum atomic E-state index is 11.6. The summed E-state index contributed by atoms with van der Waals surface area (Å²) >= 11 is 0. The van der Waals surface area contributed by atoms with Crippen LogP contribution in [0.5, 0.6) is 0 Å². The van der Waals surface area contributed by atoms with Gasteiger partial charge in [0.15, 0.2) is 0 Å². The number of unbranched alkanes of at least 4 members (excludes halogenated alkanes) is 17. The molecule has 0 aliphatic heterocycles. The molecule has 0 saturated heterocycles. The standard InChI is InChI=1S/C24H50O4S/c1-2-3-4-5-6-7-8-9-10-11-12-15-18-21-24(29(26,27)28)22-19-16-13-14-17-20-23-25/h24-25H,2-23H2,1H3,(H,26,27,28). The highest BCUT2D eigenvalue weighted by molar-refractivity contribution is 7.86. The fourth-order valence-electron chi connectivity index (χ4n) is 4.02. The normalized spacial score (nSPS) is 13.1. The van der Waals surface area contributed by atoms with Gasteiger partial charge in [0, 0.05) is 6.61 Å². The lowest BCUT2D eigenvalue weighted by molar-refractivity contribution is 0.282. The minimum absolute atomic E-state index is 0.254. The van der Waals surface area contributed by atoms with Gasteiger partial charge in [-0.05, 0) is 19.3 Å². The monoisotopic (exact) mass is 434 g/mol. The lowest BCUT2D eigenvalue weighted by atomic mass is 10.0. The highest BCUT2D eigenvalue weighted by Gasteiger charge is 2.21. The van der Waals surface area contributed by atoms with Crippen molar-refractivity contribution in [3.05, 3.63) is 0 Å². The van der Waals surface area contributed by atoms with Crippen molar-refractivity contribution in [2.45, 2.75) is 147 Å². The van der Waals surface area contributed by atoms with E-state index in [1.807, 2.05) is 0 Å². The van der Waals surface area contributed by atoms with E-state index in [0.717, 1.165) is 51.4 Å². The Morgan fingerprint density at radius 1 is 0.552 bits per heavy atom. The van der Waals surface area contributed by atoms with Crippen molar-refractivity contribution >= 4 is 10.1 Å². The molecule has 1 unspecified atom stereocenters. The van der Waals surface area contributed by atoms with E-state index in [2.05, 4.69) is 6.92 Å². The molecule has 0 fully saturated rings. The molecule has 0 aromatic carbocycles. The summed E-state index contributed by atoms with van der Waals surface area (Å²) in [5, 5.41) is 8.18. The van der Waals surface area contributed by atoms with Crippen LogP contribution in [0.2, 0.25) is 0 Å². The zero-order valence-corrected chi connectivity index (χ0v) is 20.1. The second-order valence-corrected chi connectivity index (χ2v) is 10.5. The highest BCUT2D eigenvalue weighted by atomic mass is 32.2. The van der Waals surface area contributed by atoms with Crippen LogP contribution in [0.15, 0.2) is 0 Å². The van der Waals surface area contributed by atoms with Crippen LogP contribution < -0.4 is 0 Å². The first kappa shape index (κ1) is 28.9. The van der Waals surface area contributed by atoms with Crippen LogP contribution in [-0.4, -0.2) is 29.9 Å². The van der Waals surface area contributed by atoms with E-state index in [4.69, 9.17) is 5.11 Å². The predicted octanol–water partition coefficient (Wildman–Crippen LogP) is 7.45. The SMILES string of the molecule is CCCCCCCCCCCCCCCC(CCCCCCCCO)S(=O)(=O)O. The molecule has 176 valence electrons. The molecule has 0 radical (unpaired) electrons. The lowest BCUT2D eigenvalue weighted by Gasteiger charge is -2.13. The molecular weight excluding hydrogens is 384 g/mol. The van der Waals surface area contributed by atoms with Gasteiger partial charge >= 0.3 is 0 Å². The molecule has 0 amide bonds. The van der Waals surface area contributed by atoms with Crippen LogP contribution in [0.25, 0.3) is 0 Å². The Balaban J connectivity index is 3.58. The third-order valence-corrected chi connectivity index (χ3v) is 7.30. The maximum absolute atomic E-state index is 11.6. The molecule has 0 aliphatic carbocycles. The molecule has 1 atom stereocenters. The van der Waals surface area contributed by atoms with Gasteiger partial charge in [-0.1, -0.05) is 122 Å². The Morgan fingerprint density at radius 2 is 0.862 bits per heavy atom. The summed E-state index contributed by atoms with van der Waals surface area (Å²) in [5.41, 5.74) is 0. The summed E-state index contributed by atoms with van der Waals surface area (Å²) in [6, 6.07) is 0. The third kappa shape index (κ3) is 20.9. The van der Waals surface area contributed by atoms with E-state index >= 15 is 0 Å². The quantitative estimate of drug-likeness (QED) is 0.129.